The SMILES string of the molecule is NN1CCCC(N)([P+](=O)Nc2ccccc2)C1=O. The highest BCUT2D eigenvalue weighted by Crippen LogP contribution is 2.41. The summed E-state index contributed by atoms with van der Waals surface area (Å²) in [6, 6.07) is 9.01. The van der Waals surface area contributed by atoms with Gasteiger partial charge in [0, 0.05) is 13.0 Å². The molecule has 1 heterocycles. The van der Waals surface area contributed by atoms with Gasteiger partial charge >= 0.3 is 19.1 Å². The summed E-state index contributed by atoms with van der Waals surface area (Å²) >= 11 is 0. The van der Waals surface area contributed by atoms with Gasteiger partial charge in [-0.15, -0.1) is 0 Å². The number of hydrogen-bond acceptors (Lipinski definition) is 4. The van der Waals surface area contributed by atoms with Crippen molar-refractivity contribution in [3.63, 3.8) is 0 Å². The van der Waals surface area contributed by atoms with Gasteiger partial charge in [-0.25, -0.2) is 5.84 Å². The van der Waals surface area contributed by atoms with Crippen LogP contribution in [0.5, 0.6) is 0 Å². The second kappa shape index (κ2) is 5.02. The first-order chi connectivity index (χ1) is 8.54. The third-order valence-corrected chi connectivity index (χ3v) is 4.56. The Morgan fingerprint density at radius 3 is 2.67 bits per heavy atom. The van der Waals surface area contributed by atoms with Gasteiger partial charge in [-0.1, -0.05) is 18.2 Å². The number of hydrogen-bond donors (Lipinski definition) is 3. The lowest BCUT2D eigenvalue weighted by atomic mass is 10.1. The molecule has 0 bridgehead atoms. The highest BCUT2D eigenvalue weighted by Gasteiger charge is 2.56. The van der Waals surface area contributed by atoms with Crippen molar-refractivity contribution in [3.8, 4) is 0 Å². The van der Waals surface area contributed by atoms with Crippen LogP contribution in [-0.2, 0) is 9.36 Å². The maximum Gasteiger partial charge on any atom is 0.492 e. The molecule has 0 aromatic heterocycles. The first-order valence-corrected chi connectivity index (χ1v) is 6.94. The number of carbonyl (C=O) groups excluding carboxylic acids is 1. The molecule has 1 aromatic rings. The van der Waals surface area contributed by atoms with Crippen molar-refractivity contribution in [1.82, 2.24) is 5.01 Å². The summed E-state index contributed by atoms with van der Waals surface area (Å²) in [5.74, 6) is 5.06. The second-order valence-electron chi connectivity index (χ2n) is 4.30. The minimum atomic E-state index is -2.12. The Bertz CT molecular complexity index is 467. The Balaban J connectivity index is 2.15. The quantitative estimate of drug-likeness (QED) is 0.430. The van der Waals surface area contributed by atoms with Crippen LogP contribution in [0.1, 0.15) is 12.8 Å². The number of rotatable bonds is 3. The molecule has 1 aromatic carbocycles. The molecule has 0 spiro atoms. The van der Waals surface area contributed by atoms with Crippen LogP contribution in [0.3, 0.4) is 0 Å². The number of carbonyl (C=O) groups is 1. The van der Waals surface area contributed by atoms with Crippen molar-refractivity contribution in [3.05, 3.63) is 30.3 Å². The smallest absolute Gasteiger partial charge is 0.275 e. The minimum absolute atomic E-state index is 0.370. The molecular formula is C11H16N4O2P+. The van der Waals surface area contributed by atoms with Crippen LogP contribution >= 0.6 is 7.95 Å². The number of para-hydroxylation sites is 1. The van der Waals surface area contributed by atoms with Crippen LogP contribution in [0.15, 0.2) is 30.3 Å². The summed E-state index contributed by atoms with van der Waals surface area (Å²) < 4.78 is 12.3. The number of anilines is 1. The number of nitrogens with two attached hydrogens (primary N) is 2. The highest BCUT2D eigenvalue weighted by molar-refractivity contribution is 7.49. The van der Waals surface area contributed by atoms with Gasteiger partial charge in [0.2, 0.25) is 0 Å². The normalized spacial score (nSPS) is 24.9. The molecule has 1 fully saturated rings. The Kier molecular flexibility index (Phi) is 3.61. The van der Waals surface area contributed by atoms with Gasteiger partial charge in [-0.3, -0.25) is 15.5 Å². The molecule has 2 unspecified atom stereocenters. The fourth-order valence-corrected chi connectivity index (χ4v) is 3.14. The van der Waals surface area contributed by atoms with E-state index in [1.54, 1.807) is 12.1 Å². The Morgan fingerprint density at radius 2 is 2.00 bits per heavy atom. The van der Waals surface area contributed by atoms with E-state index in [-0.39, 0.29) is 0 Å². The molecule has 2 atom stereocenters. The highest BCUT2D eigenvalue weighted by atomic mass is 31.1. The average molecular weight is 267 g/mol. The first kappa shape index (κ1) is 13.0. The molecule has 0 saturated carbocycles. The van der Waals surface area contributed by atoms with E-state index >= 15 is 0 Å². The van der Waals surface area contributed by atoms with Crippen molar-refractivity contribution in [2.24, 2.45) is 11.6 Å². The number of nitrogens with one attached hydrogen (secondary N) is 1. The van der Waals surface area contributed by atoms with E-state index in [2.05, 4.69) is 5.09 Å². The van der Waals surface area contributed by atoms with Crippen molar-refractivity contribution in [2.45, 2.75) is 18.1 Å². The molecule has 1 saturated heterocycles. The summed E-state index contributed by atoms with van der Waals surface area (Å²) in [6.45, 7) is 0.451. The van der Waals surface area contributed by atoms with Crippen LogP contribution in [0.4, 0.5) is 5.69 Å². The number of piperidine rings is 1. The molecule has 2 rings (SSSR count). The third kappa shape index (κ3) is 2.36. The van der Waals surface area contributed by atoms with Gasteiger partial charge in [0.1, 0.15) is 0 Å². The van der Waals surface area contributed by atoms with Crippen LogP contribution < -0.4 is 16.7 Å². The molecule has 96 valence electrons. The zero-order valence-electron chi connectivity index (χ0n) is 9.87. The molecule has 1 aliphatic heterocycles. The van der Waals surface area contributed by atoms with E-state index in [1.807, 2.05) is 18.2 Å². The number of nitrogens with zero attached hydrogens (tertiary/aromatic N) is 1. The lowest BCUT2D eigenvalue weighted by Gasteiger charge is -2.29. The fourth-order valence-electron chi connectivity index (χ4n) is 1.89. The summed E-state index contributed by atoms with van der Waals surface area (Å²) in [6.07, 6.45) is 1.02. The zero-order chi connectivity index (χ0) is 13.2. The van der Waals surface area contributed by atoms with Gasteiger partial charge in [0.05, 0.1) is 5.69 Å². The second-order valence-corrected chi connectivity index (χ2v) is 5.91. The largest absolute Gasteiger partial charge is 0.492 e. The van der Waals surface area contributed by atoms with Gasteiger partial charge in [0.15, 0.2) is 0 Å². The van der Waals surface area contributed by atoms with Gasteiger partial charge in [0.25, 0.3) is 0 Å². The number of benzene rings is 1. The third-order valence-electron chi connectivity index (χ3n) is 2.95. The summed E-state index contributed by atoms with van der Waals surface area (Å²) in [5.41, 5.74) is 6.64. The number of amides is 1. The van der Waals surface area contributed by atoms with Gasteiger partial charge in [-0.05, 0) is 23.1 Å². The van der Waals surface area contributed by atoms with Crippen LogP contribution in [0.2, 0.25) is 0 Å². The average Bonchev–Trinajstić information content (AvgIpc) is 2.37. The number of hydrazine groups is 1. The summed E-state index contributed by atoms with van der Waals surface area (Å²) in [5, 5.41) is 2.41. The van der Waals surface area contributed by atoms with Crippen molar-refractivity contribution in [2.75, 3.05) is 11.6 Å². The monoisotopic (exact) mass is 267 g/mol. The van der Waals surface area contributed by atoms with Crippen molar-refractivity contribution < 1.29 is 9.36 Å². The predicted octanol–water partition coefficient (Wildman–Crippen LogP) is 0.992. The van der Waals surface area contributed by atoms with Crippen molar-refractivity contribution in [1.29, 1.82) is 0 Å². The summed E-state index contributed by atoms with van der Waals surface area (Å²) in [4.78, 5) is 11.9. The molecule has 6 nitrogen and oxygen atoms in total. The van der Waals surface area contributed by atoms with Gasteiger partial charge in [-0.2, -0.15) is 5.09 Å². The predicted molar refractivity (Wildman–Crippen MR) is 69.7 cm³/mol. The fraction of sp³-hybridized carbons (Fsp3) is 0.364. The van der Waals surface area contributed by atoms with E-state index in [1.165, 1.54) is 0 Å². The maximum absolute atomic E-state index is 12.3. The Hall–Kier alpha value is -1.49. The molecule has 0 aliphatic carbocycles. The standard InChI is InChI=1S/C11H16N4O2P/c12-11(7-4-8-15(13)10(11)16)18(17)14-9-5-2-1-3-6-9/h1-3,5-6H,4,7-8,12-13H2,(H,14,17)/q+1. The molecule has 0 radical (unpaired) electrons. The van der Waals surface area contributed by atoms with Crippen LogP contribution in [0, 0.1) is 0 Å². The lowest BCUT2D eigenvalue weighted by Crippen LogP contribution is -2.59. The first-order valence-electron chi connectivity index (χ1n) is 5.68. The minimum Gasteiger partial charge on any atom is -0.275 e. The van der Waals surface area contributed by atoms with Gasteiger partial charge < -0.3 is 0 Å². The Morgan fingerprint density at radius 1 is 1.33 bits per heavy atom. The van der Waals surface area contributed by atoms with Crippen molar-refractivity contribution >= 4 is 19.5 Å². The Labute approximate surface area is 106 Å². The molecule has 5 N–H and O–H groups in total. The zero-order valence-corrected chi connectivity index (χ0v) is 10.8. The van der Waals surface area contributed by atoms with E-state index in [0.29, 0.717) is 25.1 Å². The van der Waals surface area contributed by atoms with E-state index in [4.69, 9.17) is 11.6 Å². The molecule has 1 aliphatic rings. The van der Waals surface area contributed by atoms with E-state index in [0.717, 1.165) is 5.01 Å². The van der Waals surface area contributed by atoms with Crippen LogP contribution in [0.25, 0.3) is 0 Å². The molecule has 1 amide bonds. The van der Waals surface area contributed by atoms with Crippen LogP contribution in [-0.4, -0.2) is 22.7 Å². The lowest BCUT2D eigenvalue weighted by molar-refractivity contribution is -0.136. The topological polar surface area (TPSA) is 101 Å². The summed E-state index contributed by atoms with van der Waals surface area (Å²) in [7, 11) is -2.12. The molecule has 7 heteroatoms. The van der Waals surface area contributed by atoms with E-state index < -0.39 is 19.1 Å². The molecular weight excluding hydrogens is 251 g/mol. The maximum atomic E-state index is 12.3. The van der Waals surface area contributed by atoms with E-state index in [9.17, 15) is 9.36 Å². The molecule has 18 heavy (non-hydrogen) atoms.